The first kappa shape index (κ1) is 10.6. The third-order valence-electron chi connectivity index (χ3n) is 2.68. The molecule has 0 saturated heterocycles. The quantitative estimate of drug-likeness (QED) is 0.365. The van der Waals surface area contributed by atoms with Crippen LogP contribution in [0.15, 0.2) is 17.3 Å². The molecular formula is C12H10N2O4. The minimum absolute atomic E-state index is 0.163. The highest BCUT2D eigenvalue weighted by molar-refractivity contribution is 6.31. The van der Waals surface area contributed by atoms with Gasteiger partial charge < -0.3 is 20.0 Å². The van der Waals surface area contributed by atoms with Crippen molar-refractivity contribution in [2.24, 2.45) is 10.9 Å². The number of fused-ring (bicyclic) bond motifs is 2. The minimum atomic E-state index is -0.510. The van der Waals surface area contributed by atoms with Gasteiger partial charge in [-0.1, -0.05) is 5.16 Å². The van der Waals surface area contributed by atoms with Crippen LogP contribution < -0.4 is 15.2 Å². The normalized spacial score (nSPS) is 15.6. The Morgan fingerprint density at radius 3 is 2.83 bits per heavy atom. The molecular weight excluding hydrogens is 236 g/mol. The number of hydrogen-bond acceptors (Lipinski definition) is 5. The van der Waals surface area contributed by atoms with Crippen molar-refractivity contribution in [1.29, 1.82) is 0 Å². The van der Waals surface area contributed by atoms with Gasteiger partial charge in [0.2, 0.25) is 6.79 Å². The zero-order valence-corrected chi connectivity index (χ0v) is 9.60. The van der Waals surface area contributed by atoms with E-state index in [4.69, 9.17) is 15.2 Å². The molecule has 0 aromatic heterocycles. The molecule has 92 valence electrons. The molecule has 0 unspecified atom stereocenters. The Labute approximate surface area is 103 Å². The van der Waals surface area contributed by atoms with Crippen LogP contribution in [0.4, 0.5) is 0 Å². The van der Waals surface area contributed by atoms with Gasteiger partial charge in [-0.25, -0.2) is 4.79 Å². The van der Waals surface area contributed by atoms with Crippen LogP contribution in [0.1, 0.15) is 18.1 Å². The number of nitrogens with zero attached hydrogens (tertiary/aromatic N) is 1. The lowest BCUT2D eigenvalue weighted by Crippen LogP contribution is -2.19. The number of ether oxygens (including phenoxy) is 2. The van der Waals surface area contributed by atoms with Crippen molar-refractivity contribution in [3.8, 4) is 11.5 Å². The molecule has 0 amide bonds. The maximum Gasteiger partial charge on any atom is 0.332 e. The summed E-state index contributed by atoms with van der Waals surface area (Å²) >= 11 is 0. The van der Waals surface area contributed by atoms with Crippen molar-refractivity contribution in [1.82, 2.24) is 0 Å². The Morgan fingerprint density at radius 2 is 2.11 bits per heavy atom. The summed E-state index contributed by atoms with van der Waals surface area (Å²) in [6.45, 7) is 1.49. The fourth-order valence-electron chi connectivity index (χ4n) is 1.84. The van der Waals surface area contributed by atoms with Gasteiger partial charge in [-0.2, -0.15) is 0 Å². The van der Waals surface area contributed by atoms with E-state index in [0.29, 0.717) is 5.75 Å². The van der Waals surface area contributed by atoms with E-state index in [9.17, 15) is 4.79 Å². The Kier molecular flexibility index (Phi) is 2.22. The molecule has 0 spiro atoms. The standard InChI is InChI=1S/C12H10N2O4/c1-6(15)18-14-12(13)9-2-7-3-10-11(4-8(7)9)17-5-16-10/h2-4H,5H2,1H3,(H2,13,14). The Morgan fingerprint density at radius 1 is 1.39 bits per heavy atom. The molecule has 1 aliphatic carbocycles. The SMILES string of the molecule is CC(=O)ON=C(N)C1=Cc2cc3c(cc21)OCO3. The van der Waals surface area contributed by atoms with Gasteiger partial charge >= 0.3 is 5.97 Å². The van der Waals surface area contributed by atoms with Crippen LogP contribution in [0.25, 0.3) is 11.6 Å². The summed E-state index contributed by atoms with van der Waals surface area (Å²) in [6.07, 6.45) is 1.85. The van der Waals surface area contributed by atoms with Crippen molar-refractivity contribution in [3.05, 3.63) is 23.3 Å². The zero-order chi connectivity index (χ0) is 12.7. The molecule has 1 heterocycles. The van der Waals surface area contributed by atoms with Crippen LogP contribution in [-0.4, -0.2) is 18.6 Å². The average Bonchev–Trinajstić information content (AvgIpc) is 2.75. The predicted molar refractivity (Wildman–Crippen MR) is 63.8 cm³/mol. The molecule has 2 aliphatic rings. The molecule has 1 aromatic rings. The summed E-state index contributed by atoms with van der Waals surface area (Å²) in [4.78, 5) is 15.1. The maximum absolute atomic E-state index is 10.6. The van der Waals surface area contributed by atoms with Gasteiger partial charge in [0.05, 0.1) is 0 Å². The zero-order valence-electron chi connectivity index (χ0n) is 9.60. The third-order valence-corrected chi connectivity index (χ3v) is 2.68. The lowest BCUT2D eigenvalue weighted by Gasteiger charge is -2.19. The molecule has 0 saturated carbocycles. The van der Waals surface area contributed by atoms with Crippen LogP contribution >= 0.6 is 0 Å². The molecule has 0 atom stereocenters. The topological polar surface area (TPSA) is 83.1 Å². The van der Waals surface area contributed by atoms with Crippen molar-refractivity contribution in [2.45, 2.75) is 6.92 Å². The second-order valence-electron chi connectivity index (χ2n) is 3.91. The van der Waals surface area contributed by atoms with E-state index in [-0.39, 0.29) is 12.6 Å². The number of amidine groups is 1. The maximum atomic E-state index is 10.6. The van der Waals surface area contributed by atoms with Crippen LogP contribution in [-0.2, 0) is 9.63 Å². The van der Waals surface area contributed by atoms with Crippen molar-refractivity contribution in [2.75, 3.05) is 6.79 Å². The van der Waals surface area contributed by atoms with E-state index in [1.54, 1.807) is 0 Å². The van der Waals surface area contributed by atoms with E-state index >= 15 is 0 Å². The first-order chi connectivity index (χ1) is 8.65. The molecule has 3 rings (SSSR count). The highest BCUT2D eigenvalue weighted by atomic mass is 16.7. The van der Waals surface area contributed by atoms with Crippen LogP contribution in [0.3, 0.4) is 0 Å². The van der Waals surface area contributed by atoms with Crippen LogP contribution in [0.2, 0.25) is 0 Å². The number of rotatable bonds is 2. The van der Waals surface area contributed by atoms with Gasteiger partial charge in [-0.3, -0.25) is 0 Å². The number of oxime groups is 1. The van der Waals surface area contributed by atoms with Gasteiger partial charge in [0.15, 0.2) is 17.3 Å². The number of carbonyl (C=O) groups is 1. The third kappa shape index (κ3) is 1.58. The number of nitrogens with two attached hydrogens (primary N) is 1. The minimum Gasteiger partial charge on any atom is -0.454 e. The monoisotopic (exact) mass is 246 g/mol. The van der Waals surface area contributed by atoms with Crippen molar-refractivity contribution in [3.63, 3.8) is 0 Å². The number of hydrogen-bond donors (Lipinski definition) is 1. The van der Waals surface area contributed by atoms with Gasteiger partial charge in [-0.05, 0) is 29.3 Å². The smallest absolute Gasteiger partial charge is 0.332 e. The predicted octanol–water partition coefficient (Wildman–Crippen LogP) is 1.10. The second-order valence-corrected chi connectivity index (χ2v) is 3.91. The van der Waals surface area contributed by atoms with Crippen molar-refractivity contribution < 1.29 is 19.1 Å². The summed E-state index contributed by atoms with van der Waals surface area (Å²) in [5.74, 6) is 1.06. The lowest BCUT2D eigenvalue weighted by molar-refractivity contribution is -0.140. The molecule has 0 fully saturated rings. The molecule has 2 N–H and O–H groups in total. The Balaban J connectivity index is 1.87. The highest BCUT2D eigenvalue weighted by Crippen LogP contribution is 2.42. The van der Waals surface area contributed by atoms with E-state index in [0.717, 1.165) is 22.4 Å². The summed E-state index contributed by atoms with van der Waals surface area (Å²) in [5.41, 5.74) is 8.35. The Hall–Kier alpha value is -2.50. The Bertz CT molecular complexity index is 604. The average molecular weight is 246 g/mol. The molecule has 18 heavy (non-hydrogen) atoms. The molecule has 1 aliphatic heterocycles. The molecule has 0 radical (unpaired) electrons. The first-order valence-corrected chi connectivity index (χ1v) is 5.32. The summed E-state index contributed by atoms with van der Waals surface area (Å²) < 4.78 is 10.5. The number of carbonyl (C=O) groups excluding carboxylic acids is 1. The van der Waals surface area contributed by atoms with Gasteiger partial charge in [0.25, 0.3) is 0 Å². The molecule has 6 heteroatoms. The summed E-state index contributed by atoms with van der Waals surface area (Å²) in [6, 6.07) is 3.71. The first-order valence-electron chi connectivity index (χ1n) is 5.32. The van der Waals surface area contributed by atoms with E-state index in [2.05, 4.69) is 9.99 Å². The van der Waals surface area contributed by atoms with Crippen LogP contribution in [0.5, 0.6) is 11.5 Å². The highest BCUT2D eigenvalue weighted by Gasteiger charge is 2.25. The number of benzene rings is 1. The summed E-state index contributed by atoms with van der Waals surface area (Å²) in [7, 11) is 0. The molecule has 6 nitrogen and oxygen atoms in total. The fraction of sp³-hybridized carbons (Fsp3) is 0.167. The van der Waals surface area contributed by atoms with E-state index in [1.165, 1.54) is 6.92 Å². The van der Waals surface area contributed by atoms with Gasteiger partial charge in [0, 0.05) is 12.5 Å². The van der Waals surface area contributed by atoms with E-state index < -0.39 is 5.97 Å². The fourth-order valence-corrected chi connectivity index (χ4v) is 1.84. The van der Waals surface area contributed by atoms with Crippen molar-refractivity contribution >= 4 is 23.5 Å². The largest absolute Gasteiger partial charge is 0.454 e. The van der Waals surface area contributed by atoms with Gasteiger partial charge in [-0.15, -0.1) is 0 Å². The molecule has 1 aromatic carbocycles. The van der Waals surface area contributed by atoms with Crippen LogP contribution in [0, 0.1) is 0 Å². The second kappa shape index (κ2) is 3.76. The van der Waals surface area contributed by atoms with Gasteiger partial charge in [0.1, 0.15) is 0 Å². The van der Waals surface area contributed by atoms with E-state index in [1.807, 2.05) is 18.2 Å². The molecule has 0 bridgehead atoms. The lowest BCUT2D eigenvalue weighted by atomic mass is 9.87. The summed E-state index contributed by atoms with van der Waals surface area (Å²) in [5, 5.41) is 3.54.